The summed E-state index contributed by atoms with van der Waals surface area (Å²) in [6.45, 7) is 11.8. The number of hydrogen-bond donors (Lipinski definition) is 1. The Hall–Kier alpha value is -2.38. The second-order valence-corrected chi connectivity index (χ2v) is 9.19. The summed E-state index contributed by atoms with van der Waals surface area (Å²) < 4.78 is 1.59. The molecule has 0 bridgehead atoms. The first-order valence-electron chi connectivity index (χ1n) is 8.97. The van der Waals surface area contributed by atoms with Crippen LogP contribution in [0, 0.1) is 20.8 Å². The van der Waals surface area contributed by atoms with Crippen LogP contribution < -0.4 is 10.9 Å². The summed E-state index contributed by atoms with van der Waals surface area (Å²) in [5.74, 6) is -0.131. The van der Waals surface area contributed by atoms with Gasteiger partial charge in [0.05, 0.1) is 10.6 Å². The summed E-state index contributed by atoms with van der Waals surface area (Å²) in [7, 11) is 0. The summed E-state index contributed by atoms with van der Waals surface area (Å²) in [6.07, 6.45) is 1.67. The van der Waals surface area contributed by atoms with E-state index in [1.807, 2.05) is 52.0 Å². The van der Waals surface area contributed by atoms with Crippen molar-refractivity contribution in [3.63, 3.8) is 0 Å². The highest BCUT2D eigenvalue weighted by Gasteiger charge is 2.21. The third-order valence-corrected chi connectivity index (χ3v) is 6.69. The van der Waals surface area contributed by atoms with Gasteiger partial charge in [0.2, 0.25) is 5.91 Å². The fourth-order valence-corrected chi connectivity index (χ4v) is 4.86. The van der Waals surface area contributed by atoms with E-state index in [1.165, 1.54) is 23.1 Å². The molecule has 0 aliphatic rings. The second-order valence-electron chi connectivity index (χ2n) is 6.68. The predicted octanol–water partition coefficient (Wildman–Crippen LogP) is 4.69. The number of anilines is 1. The minimum Gasteiger partial charge on any atom is -0.325 e. The van der Waals surface area contributed by atoms with E-state index in [4.69, 9.17) is 4.98 Å². The average molecular weight is 414 g/mol. The smallest absolute Gasteiger partial charge is 0.263 e. The topological polar surface area (TPSA) is 64.0 Å². The van der Waals surface area contributed by atoms with Crippen LogP contribution in [0.25, 0.3) is 10.2 Å². The number of carbonyl (C=O) groups excluding carboxylic acids is 1. The molecule has 1 aromatic carbocycles. The Morgan fingerprint density at radius 2 is 2.14 bits per heavy atom. The molecule has 3 rings (SSSR count). The molecule has 1 amide bonds. The number of thioether (sulfide) groups is 1. The molecule has 2 aromatic heterocycles. The summed E-state index contributed by atoms with van der Waals surface area (Å²) >= 11 is 2.79. The Labute approximate surface area is 172 Å². The number of nitrogens with zero attached hydrogens (tertiary/aromatic N) is 2. The molecule has 5 nitrogen and oxygen atoms in total. The second kappa shape index (κ2) is 8.32. The van der Waals surface area contributed by atoms with Gasteiger partial charge in [0.1, 0.15) is 4.83 Å². The van der Waals surface area contributed by atoms with Crippen LogP contribution in [0.2, 0.25) is 0 Å². The van der Waals surface area contributed by atoms with Crippen molar-refractivity contribution in [2.75, 3.05) is 5.32 Å². The molecule has 1 N–H and O–H groups in total. The SMILES string of the molecule is C=CCn1c(S[C@H](C)C(=O)Nc2cccc(C)c2)nc2sc(C)c(C)c2c1=O. The van der Waals surface area contributed by atoms with E-state index in [2.05, 4.69) is 11.9 Å². The van der Waals surface area contributed by atoms with E-state index in [1.54, 1.807) is 10.6 Å². The number of aromatic nitrogens is 2. The highest BCUT2D eigenvalue weighted by atomic mass is 32.2. The molecular weight excluding hydrogens is 390 g/mol. The Kier molecular flexibility index (Phi) is 6.05. The number of fused-ring (bicyclic) bond motifs is 1. The zero-order valence-corrected chi connectivity index (χ0v) is 18.0. The normalized spacial score (nSPS) is 12.1. The number of aryl methyl sites for hydroxylation is 3. The average Bonchev–Trinajstić information content (AvgIpc) is 2.92. The fraction of sp³-hybridized carbons (Fsp3) is 0.286. The lowest BCUT2D eigenvalue weighted by Gasteiger charge is -2.15. The lowest BCUT2D eigenvalue weighted by Crippen LogP contribution is -2.26. The van der Waals surface area contributed by atoms with Gasteiger partial charge in [-0.3, -0.25) is 14.2 Å². The first kappa shape index (κ1) is 20.4. The van der Waals surface area contributed by atoms with E-state index in [0.29, 0.717) is 21.9 Å². The third-order valence-electron chi connectivity index (χ3n) is 4.50. The van der Waals surface area contributed by atoms with Gasteiger partial charge in [-0.05, 0) is 51.0 Å². The molecule has 0 spiro atoms. The number of hydrogen-bond acceptors (Lipinski definition) is 5. The molecule has 0 radical (unpaired) electrons. The molecule has 146 valence electrons. The fourth-order valence-electron chi connectivity index (χ4n) is 2.87. The summed E-state index contributed by atoms with van der Waals surface area (Å²) in [6, 6.07) is 7.66. The Morgan fingerprint density at radius 3 is 2.82 bits per heavy atom. The molecule has 1 atom stereocenters. The van der Waals surface area contributed by atoms with E-state index < -0.39 is 5.25 Å². The maximum Gasteiger partial charge on any atom is 0.263 e. The molecule has 0 saturated heterocycles. The van der Waals surface area contributed by atoms with Crippen LogP contribution in [0.1, 0.15) is 22.9 Å². The largest absolute Gasteiger partial charge is 0.325 e. The first-order valence-corrected chi connectivity index (χ1v) is 10.7. The van der Waals surface area contributed by atoms with E-state index in [9.17, 15) is 9.59 Å². The van der Waals surface area contributed by atoms with Crippen molar-refractivity contribution in [1.82, 2.24) is 9.55 Å². The van der Waals surface area contributed by atoms with Gasteiger partial charge in [-0.25, -0.2) is 4.98 Å². The van der Waals surface area contributed by atoms with Gasteiger partial charge < -0.3 is 5.32 Å². The quantitative estimate of drug-likeness (QED) is 0.362. The predicted molar refractivity (Wildman–Crippen MR) is 119 cm³/mol. The van der Waals surface area contributed by atoms with Gasteiger partial charge in [0, 0.05) is 17.1 Å². The van der Waals surface area contributed by atoms with Crippen LogP contribution >= 0.6 is 23.1 Å². The summed E-state index contributed by atoms with van der Waals surface area (Å²) in [4.78, 5) is 32.2. The Balaban J connectivity index is 1.92. The van der Waals surface area contributed by atoms with E-state index >= 15 is 0 Å². The molecule has 28 heavy (non-hydrogen) atoms. The molecule has 0 unspecified atom stereocenters. The van der Waals surface area contributed by atoms with Gasteiger partial charge in [-0.2, -0.15) is 0 Å². The van der Waals surface area contributed by atoms with Crippen molar-refractivity contribution >= 4 is 44.9 Å². The van der Waals surface area contributed by atoms with Gasteiger partial charge in [0.15, 0.2) is 5.16 Å². The number of nitrogens with one attached hydrogen (secondary N) is 1. The minimum atomic E-state index is -0.414. The lowest BCUT2D eigenvalue weighted by molar-refractivity contribution is -0.115. The molecule has 0 saturated carbocycles. The minimum absolute atomic E-state index is 0.0828. The molecule has 7 heteroatoms. The van der Waals surface area contributed by atoms with Gasteiger partial charge in [-0.15, -0.1) is 17.9 Å². The lowest BCUT2D eigenvalue weighted by atomic mass is 10.2. The number of rotatable bonds is 6. The zero-order valence-electron chi connectivity index (χ0n) is 16.4. The molecule has 0 fully saturated rings. The highest BCUT2D eigenvalue weighted by molar-refractivity contribution is 8.00. The first-order chi connectivity index (χ1) is 13.3. The Bertz CT molecular complexity index is 1110. The maximum atomic E-state index is 13.0. The molecular formula is C21H23N3O2S2. The van der Waals surface area contributed by atoms with Crippen molar-refractivity contribution in [1.29, 1.82) is 0 Å². The van der Waals surface area contributed by atoms with Gasteiger partial charge in [-0.1, -0.05) is 30.0 Å². The molecule has 0 aliphatic heterocycles. The van der Waals surface area contributed by atoms with Crippen LogP contribution in [-0.2, 0) is 11.3 Å². The number of carbonyl (C=O) groups is 1. The number of benzene rings is 1. The number of amides is 1. The van der Waals surface area contributed by atoms with Crippen molar-refractivity contribution < 1.29 is 4.79 Å². The van der Waals surface area contributed by atoms with Crippen molar-refractivity contribution in [2.24, 2.45) is 0 Å². The van der Waals surface area contributed by atoms with Crippen molar-refractivity contribution in [3.05, 3.63) is 63.3 Å². The highest BCUT2D eigenvalue weighted by Crippen LogP contribution is 2.30. The monoisotopic (exact) mass is 413 g/mol. The summed E-state index contributed by atoms with van der Waals surface area (Å²) in [5.41, 5.74) is 2.72. The molecule has 3 aromatic rings. The van der Waals surface area contributed by atoms with Crippen LogP contribution in [0.4, 0.5) is 5.69 Å². The van der Waals surface area contributed by atoms with Crippen LogP contribution in [0.15, 0.2) is 46.9 Å². The third kappa shape index (κ3) is 4.05. The standard InChI is InChI=1S/C21H23N3O2S2/c1-6-10-24-20(26)17-13(3)14(4)27-19(17)23-21(24)28-15(5)18(25)22-16-9-7-8-12(2)11-16/h6-9,11,15H,1,10H2,2-5H3,(H,22,25)/t15-/m1/s1. The molecule has 0 aliphatic carbocycles. The number of thiophene rings is 1. The van der Waals surface area contributed by atoms with Crippen LogP contribution in [0.5, 0.6) is 0 Å². The van der Waals surface area contributed by atoms with Gasteiger partial charge >= 0.3 is 0 Å². The Morgan fingerprint density at radius 1 is 1.39 bits per heavy atom. The van der Waals surface area contributed by atoms with Gasteiger partial charge in [0.25, 0.3) is 5.56 Å². The number of allylic oxidation sites excluding steroid dienone is 1. The van der Waals surface area contributed by atoms with Crippen LogP contribution in [0.3, 0.4) is 0 Å². The summed E-state index contributed by atoms with van der Waals surface area (Å²) in [5, 5.41) is 3.70. The van der Waals surface area contributed by atoms with Crippen molar-refractivity contribution in [2.45, 2.75) is 44.6 Å². The molecule has 2 heterocycles. The van der Waals surface area contributed by atoms with Crippen LogP contribution in [-0.4, -0.2) is 20.7 Å². The van der Waals surface area contributed by atoms with E-state index in [-0.39, 0.29) is 11.5 Å². The zero-order chi connectivity index (χ0) is 20.4. The van der Waals surface area contributed by atoms with Crippen molar-refractivity contribution in [3.8, 4) is 0 Å². The van der Waals surface area contributed by atoms with E-state index in [0.717, 1.165) is 21.7 Å². The maximum absolute atomic E-state index is 13.0.